The van der Waals surface area contributed by atoms with Gasteiger partial charge in [-0.1, -0.05) is 23.2 Å². The Morgan fingerprint density at radius 2 is 2.06 bits per heavy atom. The molecule has 1 aliphatic rings. The summed E-state index contributed by atoms with van der Waals surface area (Å²) >= 11 is 11.7. The average Bonchev–Trinajstić information content (AvgIpc) is 3.15. The number of benzene rings is 1. The summed E-state index contributed by atoms with van der Waals surface area (Å²) in [6, 6.07) is 4.73. The van der Waals surface area contributed by atoms with Crippen LogP contribution in [0.15, 0.2) is 18.2 Å². The number of ether oxygens (including phenoxy) is 1. The van der Waals surface area contributed by atoms with Crippen LogP contribution in [0.5, 0.6) is 0 Å². The summed E-state index contributed by atoms with van der Waals surface area (Å²) in [4.78, 5) is 22.8. The van der Waals surface area contributed by atoms with Crippen molar-refractivity contribution in [2.45, 2.75) is 12.8 Å². The van der Waals surface area contributed by atoms with Crippen molar-refractivity contribution in [2.75, 3.05) is 11.9 Å². The van der Waals surface area contributed by atoms with Crippen LogP contribution in [-0.2, 0) is 14.3 Å². The van der Waals surface area contributed by atoms with E-state index in [1.54, 1.807) is 12.1 Å². The monoisotopic (exact) mass is 287 g/mol. The third-order valence-electron chi connectivity index (χ3n) is 2.46. The predicted molar refractivity (Wildman–Crippen MR) is 68.8 cm³/mol. The van der Waals surface area contributed by atoms with E-state index in [1.165, 1.54) is 6.07 Å². The molecule has 0 spiro atoms. The number of rotatable bonds is 4. The summed E-state index contributed by atoms with van der Waals surface area (Å²) in [5.41, 5.74) is 0.400. The number of hydrogen-bond acceptors (Lipinski definition) is 3. The highest BCUT2D eigenvalue weighted by Crippen LogP contribution is 2.30. The quantitative estimate of drug-likeness (QED) is 0.867. The molecule has 0 atom stereocenters. The van der Waals surface area contributed by atoms with E-state index in [4.69, 9.17) is 27.9 Å². The fraction of sp³-hybridized carbons (Fsp3) is 0.333. The van der Waals surface area contributed by atoms with Crippen LogP contribution in [0.4, 0.5) is 5.69 Å². The zero-order valence-corrected chi connectivity index (χ0v) is 10.9. The van der Waals surface area contributed by atoms with Crippen molar-refractivity contribution in [3.05, 3.63) is 28.2 Å². The van der Waals surface area contributed by atoms with Crippen molar-refractivity contribution >= 4 is 40.8 Å². The lowest BCUT2D eigenvalue weighted by atomic mass is 10.3. The van der Waals surface area contributed by atoms with E-state index in [2.05, 4.69) is 5.32 Å². The van der Waals surface area contributed by atoms with E-state index in [1.807, 2.05) is 0 Å². The molecule has 1 aromatic carbocycles. The molecule has 6 heteroatoms. The third-order valence-corrected chi connectivity index (χ3v) is 3.02. The molecule has 0 bridgehead atoms. The van der Waals surface area contributed by atoms with E-state index in [-0.39, 0.29) is 18.5 Å². The lowest BCUT2D eigenvalue weighted by Crippen LogP contribution is -2.21. The fourth-order valence-corrected chi connectivity index (χ4v) is 1.69. The molecular formula is C12H11Cl2NO3. The summed E-state index contributed by atoms with van der Waals surface area (Å²) in [5, 5.41) is 3.37. The van der Waals surface area contributed by atoms with Crippen LogP contribution >= 0.6 is 23.2 Å². The second kappa shape index (κ2) is 5.59. The maximum absolute atomic E-state index is 11.5. The second-order valence-corrected chi connectivity index (χ2v) is 4.90. The third kappa shape index (κ3) is 3.62. The van der Waals surface area contributed by atoms with Gasteiger partial charge in [0.05, 0.1) is 16.6 Å². The molecule has 4 nitrogen and oxygen atoms in total. The molecule has 0 saturated heterocycles. The van der Waals surface area contributed by atoms with Gasteiger partial charge in [0.15, 0.2) is 6.61 Å². The van der Waals surface area contributed by atoms with Crippen LogP contribution in [-0.4, -0.2) is 18.5 Å². The maximum Gasteiger partial charge on any atom is 0.309 e. The van der Waals surface area contributed by atoms with Gasteiger partial charge < -0.3 is 10.1 Å². The predicted octanol–water partition coefficient (Wildman–Crippen LogP) is 2.89. The number of amides is 1. The molecule has 1 N–H and O–H groups in total. The van der Waals surface area contributed by atoms with E-state index in [0.29, 0.717) is 15.7 Å². The van der Waals surface area contributed by atoms with E-state index >= 15 is 0 Å². The highest BCUT2D eigenvalue weighted by molar-refractivity contribution is 6.35. The molecule has 18 heavy (non-hydrogen) atoms. The minimum absolute atomic E-state index is 0.0208. The Kier molecular flexibility index (Phi) is 4.09. The van der Waals surface area contributed by atoms with Crippen LogP contribution in [0.1, 0.15) is 12.8 Å². The van der Waals surface area contributed by atoms with Gasteiger partial charge in [-0.15, -0.1) is 0 Å². The Hall–Kier alpha value is -1.26. The molecule has 1 saturated carbocycles. The summed E-state index contributed by atoms with van der Waals surface area (Å²) in [6.07, 6.45) is 1.70. The molecule has 0 radical (unpaired) electrons. The Bertz CT molecular complexity index is 486. The van der Waals surface area contributed by atoms with Gasteiger partial charge in [0.1, 0.15) is 0 Å². The molecule has 1 amide bonds. The van der Waals surface area contributed by atoms with Crippen molar-refractivity contribution in [1.29, 1.82) is 0 Å². The number of hydrogen-bond donors (Lipinski definition) is 1. The Labute approximate surface area is 114 Å². The lowest BCUT2D eigenvalue weighted by Gasteiger charge is -2.08. The Morgan fingerprint density at radius 3 is 2.72 bits per heavy atom. The largest absolute Gasteiger partial charge is 0.455 e. The molecule has 0 aromatic heterocycles. The summed E-state index contributed by atoms with van der Waals surface area (Å²) in [6.45, 7) is -0.307. The first-order valence-corrected chi connectivity index (χ1v) is 6.23. The van der Waals surface area contributed by atoms with Crippen LogP contribution in [0, 0.1) is 5.92 Å². The smallest absolute Gasteiger partial charge is 0.309 e. The van der Waals surface area contributed by atoms with Gasteiger partial charge >= 0.3 is 5.97 Å². The highest BCUT2D eigenvalue weighted by atomic mass is 35.5. The lowest BCUT2D eigenvalue weighted by molar-refractivity contribution is -0.148. The Balaban J connectivity index is 1.86. The first kappa shape index (κ1) is 13.2. The van der Waals surface area contributed by atoms with Crippen molar-refractivity contribution in [3.8, 4) is 0 Å². The van der Waals surface area contributed by atoms with Gasteiger partial charge in [-0.05, 0) is 31.0 Å². The van der Waals surface area contributed by atoms with Crippen molar-refractivity contribution in [2.24, 2.45) is 5.92 Å². The van der Waals surface area contributed by atoms with E-state index in [0.717, 1.165) is 12.8 Å². The number of anilines is 1. The number of esters is 1. The van der Waals surface area contributed by atoms with Crippen molar-refractivity contribution in [1.82, 2.24) is 0 Å². The van der Waals surface area contributed by atoms with E-state index < -0.39 is 5.91 Å². The number of halogens is 2. The van der Waals surface area contributed by atoms with Crippen LogP contribution < -0.4 is 5.32 Å². The minimum Gasteiger partial charge on any atom is -0.455 e. The first-order valence-electron chi connectivity index (χ1n) is 5.48. The average molecular weight is 288 g/mol. The number of carbonyl (C=O) groups excluding carboxylic acids is 2. The SMILES string of the molecule is O=C(COC(=O)C1CC1)Nc1cc(Cl)ccc1Cl. The number of nitrogens with one attached hydrogen (secondary N) is 1. The van der Waals surface area contributed by atoms with Crippen molar-refractivity contribution in [3.63, 3.8) is 0 Å². The topological polar surface area (TPSA) is 55.4 Å². The van der Waals surface area contributed by atoms with Crippen LogP contribution in [0.3, 0.4) is 0 Å². The molecular weight excluding hydrogens is 277 g/mol. The Morgan fingerprint density at radius 1 is 1.33 bits per heavy atom. The molecule has 2 rings (SSSR count). The van der Waals surface area contributed by atoms with Gasteiger partial charge in [-0.2, -0.15) is 0 Å². The summed E-state index contributed by atoms with van der Waals surface area (Å²) < 4.78 is 4.84. The van der Waals surface area contributed by atoms with Crippen molar-refractivity contribution < 1.29 is 14.3 Å². The standard InChI is InChI=1S/C12H11Cl2NO3/c13-8-3-4-9(14)10(5-8)15-11(16)6-18-12(17)7-1-2-7/h3-5,7H,1-2,6H2,(H,15,16). The molecule has 0 aliphatic heterocycles. The van der Waals surface area contributed by atoms with Gasteiger partial charge in [0.25, 0.3) is 5.91 Å². The van der Waals surface area contributed by atoms with Gasteiger partial charge in [0, 0.05) is 5.02 Å². The van der Waals surface area contributed by atoms with Gasteiger partial charge in [-0.3, -0.25) is 9.59 Å². The zero-order valence-electron chi connectivity index (χ0n) is 9.41. The molecule has 1 fully saturated rings. The highest BCUT2D eigenvalue weighted by Gasteiger charge is 2.31. The molecule has 1 aromatic rings. The number of carbonyl (C=O) groups is 2. The van der Waals surface area contributed by atoms with Crippen LogP contribution in [0.25, 0.3) is 0 Å². The fourth-order valence-electron chi connectivity index (χ4n) is 1.35. The van der Waals surface area contributed by atoms with Crippen LogP contribution in [0.2, 0.25) is 10.0 Å². The molecule has 1 aliphatic carbocycles. The summed E-state index contributed by atoms with van der Waals surface area (Å²) in [5.74, 6) is -0.775. The first-order chi connectivity index (χ1) is 8.56. The van der Waals surface area contributed by atoms with E-state index in [9.17, 15) is 9.59 Å². The molecule has 0 unspecified atom stereocenters. The minimum atomic E-state index is -0.437. The maximum atomic E-state index is 11.5. The molecule has 96 valence electrons. The second-order valence-electron chi connectivity index (χ2n) is 4.05. The van der Waals surface area contributed by atoms with Gasteiger partial charge in [0.2, 0.25) is 0 Å². The summed E-state index contributed by atoms with van der Waals surface area (Å²) in [7, 11) is 0. The zero-order chi connectivity index (χ0) is 13.1. The molecule has 0 heterocycles. The van der Waals surface area contributed by atoms with Gasteiger partial charge in [-0.25, -0.2) is 0 Å². The normalized spacial score (nSPS) is 14.1.